The van der Waals surface area contributed by atoms with Crippen LogP contribution in [0.5, 0.6) is 0 Å². The molecule has 29 heavy (non-hydrogen) atoms. The van der Waals surface area contributed by atoms with Gasteiger partial charge >= 0.3 is 0 Å². The van der Waals surface area contributed by atoms with Crippen molar-refractivity contribution in [3.05, 3.63) is 60.2 Å². The predicted octanol–water partition coefficient (Wildman–Crippen LogP) is 3.94. The number of halogens is 2. The highest BCUT2D eigenvalue weighted by Gasteiger charge is 2.24. The standard InChI is InChI=1S/C21H18F2N6/c22-13-8-9-16(23)15(12-13)18-17-19(24)29(14-6-2-1-3-7-14)27-20(17)26-21(25-18)28-10-4-5-11-28/h1-3,6-9,12H,4-5,10-11,24H2. The molecule has 5 rings (SSSR count). The molecule has 0 radical (unpaired) electrons. The molecular weight excluding hydrogens is 374 g/mol. The summed E-state index contributed by atoms with van der Waals surface area (Å²) in [4.78, 5) is 11.2. The number of para-hydroxylation sites is 1. The van der Waals surface area contributed by atoms with Crippen molar-refractivity contribution in [2.75, 3.05) is 23.7 Å². The largest absolute Gasteiger partial charge is 0.383 e. The van der Waals surface area contributed by atoms with Crippen LogP contribution in [0, 0.1) is 11.6 Å². The molecule has 0 aliphatic carbocycles. The first-order valence-electron chi connectivity index (χ1n) is 9.44. The van der Waals surface area contributed by atoms with E-state index in [0.717, 1.165) is 49.8 Å². The Hall–Kier alpha value is -3.55. The Kier molecular flexibility index (Phi) is 4.12. The topological polar surface area (TPSA) is 72.9 Å². The van der Waals surface area contributed by atoms with E-state index in [1.807, 2.05) is 35.2 Å². The molecule has 6 nitrogen and oxygen atoms in total. The zero-order chi connectivity index (χ0) is 20.0. The zero-order valence-electron chi connectivity index (χ0n) is 15.5. The minimum Gasteiger partial charge on any atom is -0.383 e. The Bertz CT molecular complexity index is 1200. The maximum Gasteiger partial charge on any atom is 0.228 e. The van der Waals surface area contributed by atoms with Crippen LogP contribution in [0.2, 0.25) is 0 Å². The average molecular weight is 392 g/mol. The van der Waals surface area contributed by atoms with Crippen molar-refractivity contribution >= 4 is 22.8 Å². The van der Waals surface area contributed by atoms with Crippen LogP contribution in [0.1, 0.15) is 12.8 Å². The summed E-state index contributed by atoms with van der Waals surface area (Å²) >= 11 is 0. The number of nitrogens with two attached hydrogens (primary N) is 1. The number of benzene rings is 2. The Morgan fingerprint density at radius 2 is 1.69 bits per heavy atom. The van der Waals surface area contributed by atoms with E-state index in [2.05, 4.69) is 15.1 Å². The molecule has 0 amide bonds. The van der Waals surface area contributed by atoms with E-state index in [1.165, 1.54) is 0 Å². The number of hydrogen-bond acceptors (Lipinski definition) is 5. The first-order chi connectivity index (χ1) is 14.1. The second kappa shape index (κ2) is 6.80. The quantitative estimate of drug-likeness (QED) is 0.572. The van der Waals surface area contributed by atoms with E-state index >= 15 is 0 Å². The summed E-state index contributed by atoms with van der Waals surface area (Å²) in [6, 6.07) is 12.7. The Labute approximate surface area is 165 Å². The van der Waals surface area contributed by atoms with Gasteiger partial charge in [-0.25, -0.2) is 18.4 Å². The molecule has 8 heteroatoms. The van der Waals surface area contributed by atoms with Gasteiger partial charge < -0.3 is 10.6 Å². The highest BCUT2D eigenvalue weighted by Crippen LogP contribution is 2.35. The van der Waals surface area contributed by atoms with Gasteiger partial charge in [0.05, 0.1) is 16.8 Å². The van der Waals surface area contributed by atoms with Gasteiger partial charge in [0.2, 0.25) is 5.95 Å². The van der Waals surface area contributed by atoms with Gasteiger partial charge in [-0.15, -0.1) is 5.10 Å². The molecule has 2 N–H and O–H groups in total. The summed E-state index contributed by atoms with van der Waals surface area (Å²) in [6.45, 7) is 1.62. The molecule has 1 fully saturated rings. The van der Waals surface area contributed by atoms with Crippen molar-refractivity contribution in [3.63, 3.8) is 0 Å². The normalized spacial score (nSPS) is 14.1. The van der Waals surface area contributed by atoms with E-state index in [0.29, 0.717) is 17.0 Å². The van der Waals surface area contributed by atoms with Gasteiger partial charge in [-0.3, -0.25) is 0 Å². The minimum atomic E-state index is -0.578. The van der Waals surface area contributed by atoms with Gasteiger partial charge in [-0.1, -0.05) is 18.2 Å². The predicted molar refractivity (Wildman–Crippen MR) is 108 cm³/mol. The highest BCUT2D eigenvalue weighted by molar-refractivity contribution is 5.99. The van der Waals surface area contributed by atoms with Crippen LogP contribution in [0.15, 0.2) is 48.5 Å². The molecule has 2 aromatic carbocycles. The maximum absolute atomic E-state index is 14.6. The van der Waals surface area contributed by atoms with Crippen LogP contribution < -0.4 is 10.6 Å². The lowest BCUT2D eigenvalue weighted by Crippen LogP contribution is -2.20. The molecule has 4 aromatic rings. The summed E-state index contributed by atoms with van der Waals surface area (Å²) in [6.07, 6.45) is 2.07. The van der Waals surface area contributed by atoms with Gasteiger partial charge in [-0.05, 0) is 43.2 Å². The highest BCUT2D eigenvalue weighted by atomic mass is 19.1. The lowest BCUT2D eigenvalue weighted by Gasteiger charge is -2.16. The van der Waals surface area contributed by atoms with E-state index < -0.39 is 11.6 Å². The first kappa shape index (κ1) is 17.5. The SMILES string of the molecule is Nc1c2c(-c3cc(F)ccc3F)nc(N3CCCC3)nc2nn1-c1ccccc1. The molecular formula is C21H18F2N6. The van der Waals surface area contributed by atoms with E-state index in [-0.39, 0.29) is 17.1 Å². The smallest absolute Gasteiger partial charge is 0.228 e. The van der Waals surface area contributed by atoms with Crippen molar-refractivity contribution in [1.29, 1.82) is 0 Å². The summed E-state index contributed by atoms with van der Waals surface area (Å²) in [5.74, 6) is -0.403. The number of fused-ring (bicyclic) bond motifs is 1. The third-order valence-electron chi connectivity index (χ3n) is 5.13. The van der Waals surface area contributed by atoms with Crippen LogP contribution in [0.25, 0.3) is 28.0 Å². The van der Waals surface area contributed by atoms with Crippen LogP contribution in [-0.4, -0.2) is 32.8 Å². The van der Waals surface area contributed by atoms with Crippen molar-refractivity contribution in [2.24, 2.45) is 0 Å². The molecule has 0 spiro atoms. The van der Waals surface area contributed by atoms with Gasteiger partial charge in [0.15, 0.2) is 5.65 Å². The number of hydrogen-bond donors (Lipinski definition) is 1. The third-order valence-corrected chi connectivity index (χ3v) is 5.13. The summed E-state index contributed by atoms with van der Waals surface area (Å²) in [5.41, 5.74) is 7.77. The minimum absolute atomic E-state index is 0.0390. The summed E-state index contributed by atoms with van der Waals surface area (Å²) in [7, 11) is 0. The van der Waals surface area contributed by atoms with Crippen molar-refractivity contribution in [3.8, 4) is 16.9 Å². The molecule has 0 bridgehead atoms. The Balaban J connectivity index is 1.81. The molecule has 1 saturated heterocycles. The fourth-order valence-corrected chi connectivity index (χ4v) is 3.70. The molecule has 0 unspecified atom stereocenters. The van der Waals surface area contributed by atoms with Gasteiger partial charge in [0.1, 0.15) is 17.5 Å². The van der Waals surface area contributed by atoms with Crippen LogP contribution >= 0.6 is 0 Å². The van der Waals surface area contributed by atoms with E-state index in [1.54, 1.807) is 4.68 Å². The number of rotatable bonds is 3. The fourth-order valence-electron chi connectivity index (χ4n) is 3.70. The molecule has 146 valence electrons. The molecule has 0 saturated carbocycles. The van der Waals surface area contributed by atoms with Crippen LogP contribution in [0.3, 0.4) is 0 Å². The van der Waals surface area contributed by atoms with E-state index in [4.69, 9.17) is 5.73 Å². The average Bonchev–Trinajstić information content (AvgIpc) is 3.38. The Morgan fingerprint density at radius 1 is 0.931 bits per heavy atom. The maximum atomic E-state index is 14.6. The lowest BCUT2D eigenvalue weighted by atomic mass is 10.1. The van der Waals surface area contributed by atoms with Crippen molar-refractivity contribution < 1.29 is 8.78 Å². The zero-order valence-corrected chi connectivity index (χ0v) is 15.5. The lowest BCUT2D eigenvalue weighted by molar-refractivity contribution is 0.603. The van der Waals surface area contributed by atoms with Gasteiger partial charge in [0.25, 0.3) is 0 Å². The number of nitrogens with zero attached hydrogens (tertiary/aromatic N) is 5. The van der Waals surface area contributed by atoms with Crippen LogP contribution in [-0.2, 0) is 0 Å². The monoisotopic (exact) mass is 392 g/mol. The first-order valence-corrected chi connectivity index (χ1v) is 9.44. The molecule has 3 heterocycles. The third kappa shape index (κ3) is 2.97. The molecule has 1 aliphatic heterocycles. The van der Waals surface area contributed by atoms with E-state index in [9.17, 15) is 8.78 Å². The van der Waals surface area contributed by atoms with Crippen molar-refractivity contribution in [2.45, 2.75) is 12.8 Å². The molecule has 0 atom stereocenters. The van der Waals surface area contributed by atoms with Crippen LogP contribution in [0.4, 0.5) is 20.5 Å². The number of nitrogen functional groups attached to an aromatic ring is 1. The second-order valence-corrected chi connectivity index (χ2v) is 7.02. The fraction of sp³-hybridized carbons (Fsp3) is 0.190. The van der Waals surface area contributed by atoms with Gasteiger partial charge in [-0.2, -0.15) is 4.98 Å². The molecule has 2 aromatic heterocycles. The second-order valence-electron chi connectivity index (χ2n) is 7.02. The summed E-state index contributed by atoms with van der Waals surface area (Å²) < 4.78 is 30.1. The summed E-state index contributed by atoms with van der Waals surface area (Å²) in [5, 5.41) is 4.95. The molecule has 1 aliphatic rings. The number of aromatic nitrogens is 4. The number of anilines is 2. The van der Waals surface area contributed by atoms with Crippen molar-refractivity contribution in [1.82, 2.24) is 19.7 Å². The van der Waals surface area contributed by atoms with Gasteiger partial charge in [0, 0.05) is 18.7 Å². The Morgan fingerprint density at radius 3 is 2.45 bits per heavy atom.